The molecule has 0 aliphatic rings. The second kappa shape index (κ2) is 106. The average molecular weight is 2020 g/mol. The predicted molar refractivity (Wildman–Crippen MR) is 613 cm³/mol. The summed E-state index contributed by atoms with van der Waals surface area (Å²) in [5, 5.41) is 86.9. The monoisotopic (exact) mass is 2020 g/mol. The Bertz CT molecular complexity index is 3270. The molecule has 0 saturated heterocycles. The van der Waals surface area contributed by atoms with Gasteiger partial charge < -0.3 is 0 Å². The molecule has 0 aliphatic carbocycles. The Labute approximate surface area is 888 Å². The van der Waals surface area contributed by atoms with E-state index in [0.717, 1.165) is 73.5 Å². The van der Waals surface area contributed by atoms with Gasteiger partial charge in [0, 0.05) is 34.5 Å². The van der Waals surface area contributed by atoms with E-state index in [9.17, 15) is 0 Å². The molecule has 0 saturated carbocycles. The van der Waals surface area contributed by atoms with Crippen LogP contribution in [0.15, 0.2) is 0 Å². The topological polar surface area (TPSA) is 327 Å². The lowest BCUT2D eigenvalue weighted by Crippen LogP contribution is -2.26. The zero-order chi connectivity index (χ0) is 104. The van der Waals surface area contributed by atoms with Gasteiger partial charge in [0.25, 0.3) is 0 Å². The predicted octanol–water partition coefficient (Wildman–Crippen LogP) is 38.6. The molecule has 6 aromatic rings. The SMILES string of the molecule is CCCCCCCCCCCCCCCCC(C)(C)c1nn[nH]n1.CCCCCCCCCCCCCCCCC(C)(CC)c1nn[nH]n1.CCCCCCCCCCCCCCCCC(C)c1nn[nH]n1.CCCCCCCCCCCCCCCCC(CC)(CC)c1nn[nH]n1.CCCCCCCCCCCCCCCCC(CC)c1nn[nH]n1.CCCCCCCCCCCCCCCCCc1nn[nH]n1. The van der Waals surface area contributed by atoms with Gasteiger partial charge in [-0.25, -0.2) is 0 Å². The molecule has 3 atom stereocenters. The van der Waals surface area contributed by atoms with E-state index in [1.165, 1.54) is 571 Å². The first-order chi connectivity index (χ1) is 70.8. The third-order valence-corrected chi connectivity index (χ3v) is 31.3. The van der Waals surface area contributed by atoms with Gasteiger partial charge in [-0.1, -0.05) is 668 Å². The summed E-state index contributed by atoms with van der Waals surface area (Å²) < 4.78 is 0. The van der Waals surface area contributed by atoms with Crippen molar-refractivity contribution in [2.24, 2.45) is 0 Å². The first-order valence-electron chi connectivity index (χ1n) is 63.2. The Balaban J connectivity index is 0.000000865. The van der Waals surface area contributed by atoms with Crippen molar-refractivity contribution in [2.75, 3.05) is 0 Å². The highest BCUT2D eigenvalue weighted by molar-refractivity contribution is 5.04. The molecule has 6 N–H and O–H groups in total. The fourth-order valence-corrected chi connectivity index (χ4v) is 20.5. The number of tetrazole rings is 6. The van der Waals surface area contributed by atoms with Gasteiger partial charge in [-0.2, -0.15) is 31.3 Å². The largest absolute Gasteiger partial charge is 0.180 e. The van der Waals surface area contributed by atoms with Gasteiger partial charge in [0.15, 0.2) is 34.9 Å². The zero-order valence-electron chi connectivity index (χ0n) is 97.9. The van der Waals surface area contributed by atoms with Crippen LogP contribution in [-0.2, 0) is 22.7 Å². The number of aromatic nitrogens is 24. The molecular formula is C120H240N24. The molecule has 24 heteroatoms. The van der Waals surface area contributed by atoms with Crippen LogP contribution in [0.3, 0.4) is 0 Å². The number of hydrogen-bond donors (Lipinski definition) is 6. The van der Waals surface area contributed by atoms with E-state index in [0.29, 0.717) is 11.8 Å². The second-order valence-corrected chi connectivity index (χ2v) is 44.9. The van der Waals surface area contributed by atoms with Crippen LogP contribution in [0.1, 0.15) is 747 Å². The van der Waals surface area contributed by atoms with Gasteiger partial charge in [0.05, 0.1) is 0 Å². The second-order valence-electron chi connectivity index (χ2n) is 44.9. The Morgan fingerprint density at radius 1 is 0.201 bits per heavy atom. The van der Waals surface area contributed by atoms with Gasteiger partial charge in [-0.3, -0.25) is 0 Å². The van der Waals surface area contributed by atoms with Crippen molar-refractivity contribution in [1.82, 2.24) is 124 Å². The fourth-order valence-electron chi connectivity index (χ4n) is 20.5. The number of hydrogen-bond acceptors (Lipinski definition) is 18. The van der Waals surface area contributed by atoms with Crippen LogP contribution >= 0.6 is 0 Å². The molecular weight excluding hydrogens is 1780 g/mol. The Kier molecular flexibility index (Phi) is 100. The summed E-state index contributed by atoms with van der Waals surface area (Å²) >= 11 is 0. The van der Waals surface area contributed by atoms with Crippen molar-refractivity contribution >= 4 is 0 Å². The number of unbranched alkanes of at least 4 members (excludes halogenated alkanes) is 79. The van der Waals surface area contributed by atoms with E-state index < -0.39 is 0 Å². The minimum atomic E-state index is 0.0458. The summed E-state index contributed by atoms with van der Waals surface area (Å²) in [5.74, 6) is 6.17. The lowest BCUT2D eigenvalue weighted by atomic mass is 9.77. The maximum absolute atomic E-state index is 4.27. The lowest BCUT2D eigenvalue weighted by Gasteiger charge is -2.28. The number of aryl methyl sites for hydroxylation is 1. The molecule has 6 aromatic heterocycles. The highest BCUT2D eigenvalue weighted by atomic mass is 15.5. The third kappa shape index (κ3) is 83.2. The molecule has 0 aliphatic heterocycles. The first kappa shape index (κ1) is 136. The van der Waals surface area contributed by atoms with E-state index in [2.05, 4.69) is 221 Å². The summed E-state index contributed by atoms with van der Waals surface area (Å²) in [5.41, 5.74) is 0.262. The molecule has 0 spiro atoms. The first-order valence-corrected chi connectivity index (χ1v) is 63.2. The molecule has 0 amide bonds. The summed E-state index contributed by atoms with van der Waals surface area (Å²) in [6.45, 7) is 31.5. The Morgan fingerprint density at radius 2 is 0.438 bits per heavy atom. The zero-order valence-corrected chi connectivity index (χ0v) is 97.9. The van der Waals surface area contributed by atoms with Crippen LogP contribution in [0.4, 0.5) is 0 Å². The number of aromatic amines is 6. The molecule has 6 heterocycles. The van der Waals surface area contributed by atoms with Crippen LogP contribution in [0, 0.1) is 0 Å². The summed E-state index contributed by atoms with van der Waals surface area (Å²) in [7, 11) is 0. The Hall–Kier alpha value is -5.58. The highest BCUT2D eigenvalue weighted by Gasteiger charge is 2.33. The molecule has 3 unspecified atom stereocenters. The van der Waals surface area contributed by atoms with Crippen molar-refractivity contribution in [3.8, 4) is 0 Å². The van der Waals surface area contributed by atoms with E-state index >= 15 is 0 Å². The maximum atomic E-state index is 4.27. The molecule has 0 bridgehead atoms. The quantitative estimate of drug-likeness (QED) is 0.0193. The molecule has 144 heavy (non-hydrogen) atoms. The number of nitrogens with zero attached hydrogens (tertiary/aromatic N) is 18. The molecule has 0 aromatic carbocycles. The standard InChI is InChI=1S/C22H44N4.C21H42N4.2C20H40N4.C19H38N4.C18H36N4/c1-4-7-8-9-10-11-12-13-14-15-16-17-18-19-20-22(5-2,6-3)21-23-25-26-24-21;1-4-6-7-8-9-10-11-12-13-14-15-16-17-18-19-21(3,5-2)20-22-24-25-23-20;1-4-5-6-7-8-9-10-11-12-13-14-15-16-17-18-20(2,3)19-21-23-24-22-19;1-3-5-6-7-8-9-10-11-12-13-14-15-16-17-18-19(4-2)20-21-23-24-22-20;1-3-4-5-6-7-8-9-10-11-12-13-14-15-16-17-18(2)19-20-22-23-21-19;1-2-3-4-5-6-7-8-9-10-11-12-13-14-15-16-17-18-19-21-22-20-18/h4-20H2,1-3H3,(H,23,24,25,26);4-19H2,1-3H3,(H,22,23,24,25);4-18H2,1-3H3,(H,21,22,23,24);19H,3-18H2,1-2H3,(H,21,22,23,24);18H,3-17H2,1-2H3,(H,20,21,22,23);2-17H2,1H3,(H,19,20,21,22). The average Bonchev–Trinajstić information content (AvgIpc) is 1.64. The molecule has 0 fully saturated rings. The minimum absolute atomic E-state index is 0.0458. The van der Waals surface area contributed by atoms with Gasteiger partial charge in [0.1, 0.15) is 0 Å². The number of rotatable bonds is 100. The van der Waals surface area contributed by atoms with E-state index in [4.69, 9.17) is 0 Å². The summed E-state index contributed by atoms with van der Waals surface area (Å²) in [6, 6.07) is 0. The lowest BCUT2D eigenvalue weighted by molar-refractivity contribution is 0.329. The van der Waals surface area contributed by atoms with E-state index in [1.54, 1.807) is 0 Å². The van der Waals surface area contributed by atoms with Crippen LogP contribution in [0.2, 0.25) is 0 Å². The Morgan fingerprint density at radius 3 is 0.701 bits per heavy atom. The number of H-pyrrole nitrogens is 6. The minimum Gasteiger partial charge on any atom is -0.177 e. The third-order valence-electron chi connectivity index (χ3n) is 31.3. The van der Waals surface area contributed by atoms with Crippen LogP contribution < -0.4 is 0 Å². The smallest absolute Gasteiger partial charge is 0.177 e. The van der Waals surface area contributed by atoms with Gasteiger partial charge in [0.2, 0.25) is 0 Å². The van der Waals surface area contributed by atoms with Crippen molar-refractivity contribution < 1.29 is 0 Å². The van der Waals surface area contributed by atoms with Crippen molar-refractivity contribution in [3.05, 3.63) is 34.9 Å². The van der Waals surface area contributed by atoms with Gasteiger partial charge in [-0.15, -0.1) is 61.2 Å². The van der Waals surface area contributed by atoms with Crippen molar-refractivity contribution in [3.63, 3.8) is 0 Å². The normalized spacial score (nSPS) is 12.4. The van der Waals surface area contributed by atoms with Crippen molar-refractivity contribution in [2.45, 2.75) is 735 Å². The maximum Gasteiger partial charge on any atom is 0.180 e. The van der Waals surface area contributed by atoms with Crippen LogP contribution in [-0.4, -0.2) is 124 Å². The van der Waals surface area contributed by atoms with Gasteiger partial charge in [-0.05, 0) is 64.2 Å². The van der Waals surface area contributed by atoms with E-state index in [1.807, 2.05) is 0 Å². The molecule has 840 valence electrons. The van der Waals surface area contributed by atoms with E-state index in [-0.39, 0.29) is 16.2 Å². The van der Waals surface area contributed by atoms with Crippen LogP contribution in [0.5, 0.6) is 0 Å². The molecule has 0 radical (unpaired) electrons. The van der Waals surface area contributed by atoms with Gasteiger partial charge >= 0.3 is 0 Å². The van der Waals surface area contributed by atoms with Crippen LogP contribution in [0.25, 0.3) is 0 Å². The summed E-state index contributed by atoms with van der Waals surface area (Å²) in [4.78, 5) is 0. The molecule has 24 nitrogen and oxygen atoms in total. The number of nitrogens with one attached hydrogen (secondary N) is 6. The van der Waals surface area contributed by atoms with Crippen molar-refractivity contribution in [1.29, 1.82) is 0 Å². The summed E-state index contributed by atoms with van der Waals surface area (Å²) in [6.07, 6.45) is 131. The fraction of sp³-hybridized carbons (Fsp3) is 0.950. The molecule has 6 rings (SSSR count). The highest BCUT2D eigenvalue weighted by Crippen LogP contribution is 2.36.